The molecular weight excluding hydrogens is 238 g/mol. The molecule has 1 N–H and O–H groups in total. The Kier molecular flexibility index (Phi) is 2.87. The Labute approximate surface area is 111 Å². The molecule has 0 radical (unpaired) electrons. The van der Waals surface area contributed by atoms with Gasteiger partial charge in [0.1, 0.15) is 6.33 Å². The molecule has 0 spiro atoms. The van der Waals surface area contributed by atoms with Crippen molar-refractivity contribution in [3.63, 3.8) is 0 Å². The maximum Gasteiger partial charge on any atom is 0.203 e. The summed E-state index contributed by atoms with van der Waals surface area (Å²) in [5, 5.41) is 11.3. The van der Waals surface area contributed by atoms with Gasteiger partial charge in [-0.1, -0.05) is 29.8 Å². The molecule has 2 heterocycles. The summed E-state index contributed by atoms with van der Waals surface area (Å²) >= 11 is 0. The van der Waals surface area contributed by atoms with Gasteiger partial charge in [0.25, 0.3) is 0 Å². The standard InChI is InChI=1S/C14H15N5/c1-10-3-5-12(6-4-10)11(2)17-13-14-18-16-9-19(14)8-7-15-13/h3-9,11H,1-2H3,(H,15,17). The van der Waals surface area contributed by atoms with E-state index in [1.54, 1.807) is 12.5 Å². The van der Waals surface area contributed by atoms with Crippen LogP contribution >= 0.6 is 0 Å². The number of anilines is 1. The summed E-state index contributed by atoms with van der Waals surface area (Å²) in [6, 6.07) is 8.63. The van der Waals surface area contributed by atoms with Crippen LogP contribution in [0, 0.1) is 6.92 Å². The van der Waals surface area contributed by atoms with Crippen molar-refractivity contribution in [1.29, 1.82) is 0 Å². The SMILES string of the molecule is Cc1ccc(C(C)Nc2nccn3cnnc23)cc1. The van der Waals surface area contributed by atoms with E-state index in [0.29, 0.717) is 0 Å². The second-order valence-electron chi connectivity index (χ2n) is 4.61. The first-order valence-corrected chi connectivity index (χ1v) is 6.21. The van der Waals surface area contributed by atoms with Crippen LogP contribution in [0.25, 0.3) is 5.65 Å². The molecule has 5 nitrogen and oxygen atoms in total. The molecule has 0 aliphatic rings. The summed E-state index contributed by atoms with van der Waals surface area (Å²) in [7, 11) is 0. The molecule has 19 heavy (non-hydrogen) atoms. The largest absolute Gasteiger partial charge is 0.360 e. The number of aromatic nitrogens is 4. The summed E-state index contributed by atoms with van der Waals surface area (Å²) in [5.41, 5.74) is 3.21. The minimum Gasteiger partial charge on any atom is -0.360 e. The van der Waals surface area contributed by atoms with E-state index in [1.807, 2.05) is 10.6 Å². The van der Waals surface area contributed by atoms with Crippen LogP contribution in [0.2, 0.25) is 0 Å². The maximum absolute atomic E-state index is 4.33. The van der Waals surface area contributed by atoms with E-state index in [9.17, 15) is 0 Å². The normalized spacial score (nSPS) is 12.5. The summed E-state index contributed by atoms with van der Waals surface area (Å²) in [6.45, 7) is 4.19. The summed E-state index contributed by atoms with van der Waals surface area (Å²) in [6.07, 6.45) is 5.23. The first kappa shape index (κ1) is 11.6. The molecule has 0 amide bonds. The van der Waals surface area contributed by atoms with E-state index in [1.165, 1.54) is 11.1 Å². The molecule has 0 saturated carbocycles. The van der Waals surface area contributed by atoms with Crippen molar-refractivity contribution in [2.24, 2.45) is 0 Å². The van der Waals surface area contributed by atoms with Gasteiger partial charge in [0.2, 0.25) is 5.65 Å². The molecule has 1 atom stereocenters. The van der Waals surface area contributed by atoms with Crippen LogP contribution in [0.3, 0.4) is 0 Å². The molecule has 2 aromatic heterocycles. The smallest absolute Gasteiger partial charge is 0.203 e. The Hall–Kier alpha value is -2.43. The van der Waals surface area contributed by atoms with Gasteiger partial charge in [-0.2, -0.15) is 0 Å². The highest BCUT2D eigenvalue weighted by molar-refractivity contribution is 5.62. The summed E-state index contributed by atoms with van der Waals surface area (Å²) < 4.78 is 1.84. The third kappa shape index (κ3) is 2.27. The number of aryl methyl sites for hydroxylation is 1. The zero-order valence-electron chi connectivity index (χ0n) is 10.9. The predicted molar refractivity (Wildman–Crippen MR) is 74.0 cm³/mol. The highest BCUT2D eigenvalue weighted by Crippen LogP contribution is 2.20. The lowest BCUT2D eigenvalue weighted by atomic mass is 10.1. The van der Waals surface area contributed by atoms with Gasteiger partial charge in [-0.15, -0.1) is 10.2 Å². The van der Waals surface area contributed by atoms with Crippen LogP contribution in [0.15, 0.2) is 43.0 Å². The first-order chi connectivity index (χ1) is 9.24. The minimum absolute atomic E-state index is 0.163. The zero-order chi connectivity index (χ0) is 13.2. The Bertz CT molecular complexity index is 686. The Balaban J connectivity index is 1.88. The number of rotatable bonds is 3. The number of hydrogen-bond acceptors (Lipinski definition) is 4. The van der Waals surface area contributed by atoms with E-state index in [4.69, 9.17) is 0 Å². The van der Waals surface area contributed by atoms with Gasteiger partial charge in [0.15, 0.2) is 5.82 Å². The molecule has 1 aromatic carbocycles. The lowest BCUT2D eigenvalue weighted by Gasteiger charge is -2.15. The van der Waals surface area contributed by atoms with Gasteiger partial charge in [0.05, 0.1) is 6.04 Å². The molecular formula is C14H15N5. The molecule has 0 saturated heterocycles. The van der Waals surface area contributed by atoms with Crippen LogP contribution in [-0.2, 0) is 0 Å². The van der Waals surface area contributed by atoms with E-state index >= 15 is 0 Å². The highest BCUT2D eigenvalue weighted by atomic mass is 15.2. The fourth-order valence-electron chi connectivity index (χ4n) is 2.00. The number of nitrogens with zero attached hydrogens (tertiary/aromatic N) is 4. The molecule has 0 fully saturated rings. The van der Waals surface area contributed by atoms with Crippen LogP contribution in [0.4, 0.5) is 5.82 Å². The van der Waals surface area contributed by atoms with E-state index in [2.05, 4.69) is 58.6 Å². The molecule has 5 heteroatoms. The Morgan fingerprint density at radius 1 is 1.21 bits per heavy atom. The minimum atomic E-state index is 0.163. The van der Waals surface area contributed by atoms with E-state index < -0.39 is 0 Å². The van der Waals surface area contributed by atoms with Gasteiger partial charge in [-0.05, 0) is 19.4 Å². The fourth-order valence-corrected chi connectivity index (χ4v) is 2.00. The number of hydrogen-bond donors (Lipinski definition) is 1. The summed E-state index contributed by atoms with van der Waals surface area (Å²) in [4.78, 5) is 4.33. The van der Waals surface area contributed by atoms with Gasteiger partial charge in [-0.3, -0.25) is 4.40 Å². The predicted octanol–water partition coefficient (Wildman–Crippen LogP) is 2.61. The second-order valence-corrected chi connectivity index (χ2v) is 4.61. The lowest BCUT2D eigenvalue weighted by Crippen LogP contribution is -2.09. The van der Waals surface area contributed by atoms with Crippen molar-refractivity contribution >= 4 is 11.5 Å². The van der Waals surface area contributed by atoms with Crippen molar-refractivity contribution < 1.29 is 0 Å². The third-order valence-electron chi connectivity index (χ3n) is 3.15. The summed E-state index contributed by atoms with van der Waals surface area (Å²) in [5.74, 6) is 0.744. The average molecular weight is 253 g/mol. The first-order valence-electron chi connectivity index (χ1n) is 6.21. The van der Waals surface area contributed by atoms with Crippen molar-refractivity contribution in [2.45, 2.75) is 19.9 Å². The Morgan fingerprint density at radius 3 is 2.79 bits per heavy atom. The van der Waals surface area contributed by atoms with Crippen molar-refractivity contribution in [2.75, 3.05) is 5.32 Å². The third-order valence-corrected chi connectivity index (χ3v) is 3.15. The molecule has 0 aliphatic heterocycles. The van der Waals surface area contributed by atoms with Crippen molar-refractivity contribution in [3.8, 4) is 0 Å². The lowest BCUT2D eigenvalue weighted by molar-refractivity contribution is 0.871. The van der Waals surface area contributed by atoms with Crippen LogP contribution in [0.1, 0.15) is 24.1 Å². The molecule has 1 unspecified atom stereocenters. The average Bonchev–Trinajstić information content (AvgIpc) is 2.89. The molecule has 3 aromatic rings. The second kappa shape index (κ2) is 4.68. The van der Waals surface area contributed by atoms with Gasteiger partial charge in [-0.25, -0.2) is 4.98 Å². The number of benzene rings is 1. The van der Waals surface area contributed by atoms with Crippen LogP contribution in [-0.4, -0.2) is 19.6 Å². The fraction of sp³-hybridized carbons (Fsp3) is 0.214. The van der Waals surface area contributed by atoms with Gasteiger partial charge in [0, 0.05) is 12.4 Å². The molecule has 96 valence electrons. The monoisotopic (exact) mass is 253 g/mol. The highest BCUT2D eigenvalue weighted by Gasteiger charge is 2.09. The van der Waals surface area contributed by atoms with Crippen LogP contribution < -0.4 is 5.32 Å². The topological polar surface area (TPSA) is 55.1 Å². The maximum atomic E-state index is 4.33. The molecule has 0 aliphatic carbocycles. The molecule has 0 bridgehead atoms. The molecule has 3 rings (SSSR count). The quantitative estimate of drug-likeness (QED) is 0.779. The number of fused-ring (bicyclic) bond motifs is 1. The zero-order valence-corrected chi connectivity index (χ0v) is 10.9. The van der Waals surface area contributed by atoms with Crippen molar-refractivity contribution in [1.82, 2.24) is 19.6 Å². The van der Waals surface area contributed by atoms with Gasteiger partial charge < -0.3 is 5.32 Å². The van der Waals surface area contributed by atoms with Crippen LogP contribution in [0.5, 0.6) is 0 Å². The van der Waals surface area contributed by atoms with Crippen molar-refractivity contribution in [3.05, 3.63) is 54.1 Å². The van der Waals surface area contributed by atoms with E-state index in [-0.39, 0.29) is 6.04 Å². The van der Waals surface area contributed by atoms with Gasteiger partial charge >= 0.3 is 0 Å². The van der Waals surface area contributed by atoms with E-state index in [0.717, 1.165) is 11.5 Å². The number of nitrogens with one attached hydrogen (secondary N) is 1. The Morgan fingerprint density at radius 2 is 2.00 bits per heavy atom.